The number of aromatic nitrogens is 3. The number of carbonyl (C=O) groups excluding carboxylic acids is 1. The lowest BCUT2D eigenvalue weighted by atomic mass is 10.1. The van der Waals surface area contributed by atoms with Crippen molar-refractivity contribution in [2.24, 2.45) is 0 Å². The molecular formula is C21H17N3O2. The van der Waals surface area contributed by atoms with Gasteiger partial charge in [-0.15, -0.1) is 6.42 Å². The number of terminal acetylenes is 1. The first-order valence-electron chi connectivity index (χ1n) is 8.21. The predicted octanol–water partition coefficient (Wildman–Crippen LogP) is 3.63. The molecule has 0 N–H and O–H groups in total. The topological polar surface area (TPSA) is 65.0 Å². The molecule has 0 fully saturated rings. The van der Waals surface area contributed by atoms with Crippen LogP contribution in [0.4, 0.5) is 0 Å². The minimum Gasteiger partial charge on any atom is -0.456 e. The normalized spacial score (nSPS) is 10.2. The van der Waals surface area contributed by atoms with Crippen LogP contribution in [0.5, 0.6) is 11.5 Å². The molecule has 26 heavy (non-hydrogen) atoms. The van der Waals surface area contributed by atoms with Crippen LogP contribution in [0.15, 0.2) is 55.0 Å². The first-order valence-corrected chi connectivity index (χ1v) is 8.21. The number of aryl methyl sites for hydroxylation is 1. The highest BCUT2D eigenvalue weighted by Crippen LogP contribution is 2.22. The number of ketones is 1. The lowest BCUT2D eigenvalue weighted by molar-refractivity contribution is 0.0986. The molecule has 0 atom stereocenters. The van der Waals surface area contributed by atoms with Crippen molar-refractivity contribution < 1.29 is 9.53 Å². The third kappa shape index (κ3) is 4.31. The second kappa shape index (κ2) is 8.04. The summed E-state index contributed by atoms with van der Waals surface area (Å²) in [6, 6.07) is 10.6. The van der Waals surface area contributed by atoms with Gasteiger partial charge in [-0.2, -0.15) is 0 Å². The number of hydrogen-bond donors (Lipinski definition) is 0. The highest BCUT2D eigenvalue weighted by Gasteiger charge is 2.13. The van der Waals surface area contributed by atoms with Gasteiger partial charge in [0.2, 0.25) is 0 Å². The molecule has 0 spiro atoms. The third-order valence-electron chi connectivity index (χ3n) is 3.70. The second-order valence-corrected chi connectivity index (χ2v) is 5.61. The van der Waals surface area contributed by atoms with Gasteiger partial charge < -0.3 is 4.74 Å². The lowest BCUT2D eigenvalue weighted by Crippen LogP contribution is -2.09. The molecule has 0 radical (unpaired) electrons. The molecule has 5 nitrogen and oxygen atoms in total. The first kappa shape index (κ1) is 17.3. The zero-order valence-corrected chi connectivity index (χ0v) is 14.3. The van der Waals surface area contributed by atoms with Crippen molar-refractivity contribution >= 4 is 5.78 Å². The van der Waals surface area contributed by atoms with Gasteiger partial charge in [-0.05, 0) is 30.7 Å². The minimum absolute atomic E-state index is 0.128. The van der Waals surface area contributed by atoms with Crippen LogP contribution in [0, 0.1) is 12.3 Å². The van der Waals surface area contributed by atoms with Crippen molar-refractivity contribution in [2.45, 2.75) is 19.8 Å². The number of hydrogen-bond acceptors (Lipinski definition) is 5. The number of nitrogens with zero attached hydrogens (tertiary/aromatic N) is 3. The number of pyridine rings is 3. The van der Waals surface area contributed by atoms with E-state index in [9.17, 15) is 4.79 Å². The van der Waals surface area contributed by atoms with E-state index in [1.807, 2.05) is 13.0 Å². The van der Waals surface area contributed by atoms with Gasteiger partial charge in [0.05, 0.1) is 12.6 Å². The van der Waals surface area contributed by atoms with Crippen molar-refractivity contribution in [3.8, 4) is 23.8 Å². The molecule has 0 unspecified atom stereocenters. The molecule has 0 bridgehead atoms. The van der Waals surface area contributed by atoms with Gasteiger partial charge >= 0.3 is 0 Å². The molecule has 128 valence electrons. The quantitative estimate of drug-likeness (QED) is 0.505. The van der Waals surface area contributed by atoms with E-state index < -0.39 is 0 Å². The zero-order chi connectivity index (χ0) is 18.4. The van der Waals surface area contributed by atoms with E-state index in [2.05, 4.69) is 20.9 Å². The molecule has 0 aliphatic heterocycles. The predicted molar refractivity (Wildman–Crippen MR) is 98.1 cm³/mol. The van der Waals surface area contributed by atoms with Gasteiger partial charge in [0.25, 0.3) is 0 Å². The van der Waals surface area contributed by atoms with E-state index in [1.165, 1.54) is 0 Å². The average Bonchev–Trinajstić information content (AvgIpc) is 2.69. The summed E-state index contributed by atoms with van der Waals surface area (Å²) in [7, 11) is 0. The molecule has 3 heterocycles. The first-order chi connectivity index (χ1) is 12.7. The van der Waals surface area contributed by atoms with E-state index in [4.69, 9.17) is 11.2 Å². The summed E-state index contributed by atoms with van der Waals surface area (Å²) in [6.07, 6.45) is 11.0. The molecule has 3 aromatic heterocycles. The molecule has 0 aliphatic rings. The molecule has 0 saturated carbocycles. The third-order valence-corrected chi connectivity index (χ3v) is 3.70. The van der Waals surface area contributed by atoms with Gasteiger partial charge in [0.15, 0.2) is 5.78 Å². The van der Waals surface area contributed by atoms with Gasteiger partial charge in [-0.25, -0.2) is 4.98 Å². The largest absolute Gasteiger partial charge is 0.456 e. The Morgan fingerprint density at radius 1 is 1.15 bits per heavy atom. The standard InChI is InChI=1S/C21H17N3O2/c1-3-15-7-8-17(23-13-15)11-21(25)20-12-19(10-16(4-2)24-20)26-18-6-5-9-22-14-18/h1,5-10,12-14H,4,11H2,2H3. The fourth-order valence-electron chi connectivity index (χ4n) is 2.36. The molecule has 0 saturated heterocycles. The summed E-state index contributed by atoms with van der Waals surface area (Å²) in [6.45, 7) is 1.98. The van der Waals surface area contributed by atoms with Crippen molar-refractivity contribution in [2.75, 3.05) is 0 Å². The van der Waals surface area contributed by atoms with Crippen LogP contribution in [-0.4, -0.2) is 20.7 Å². The summed E-state index contributed by atoms with van der Waals surface area (Å²) in [4.78, 5) is 25.3. The summed E-state index contributed by atoms with van der Waals surface area (Å²) in [5.41, 5.74) is 2.46. The number of carbonyl (C=O) groups is 1. The van der Waals surface area contributed by atoms with Crippen molar-refractivity contribution in [3.63, 3.8) is 0 Å². The summed E-state index contributed by atoms with van der Waals surface area (Å²) < 4.78 is 5.80. The minimum atomic E-state index is -0.128. The average molecular weight is 343 g/mol. The maximum atomic E-state index is 12.6. The van der Waals surface area contributed by atoms with Crippen LogP contribution in [0.3, 0.4) is 0 Å². The Labute approximate surface area is 152 Å². The van der Waals surface area contributed by atoms with Crippen LogP contribution < -0.4 is 4.74 Å². The highest BCUT2D eigenvalue weighted by atomic mass is 16.5. The maximum absolute atomic E-state index is 12.6. The van der Waals surface area contributed by atoms with Crippen molar-refractivity contribution in [1.29, 1.82) is 0 Å². The maximum Gasteiger partial charge on any atom is 0.187 e. The Hall–Kier alpha value is -3.52. The second-order valence-electron chi connectivity index (χ2n) is 5.61. The molecule has 3 aromatic rings. The molecule has 0 aliphatic carbocycles. The van der Waals surface area contributed by atoms with Gasteiger partial charge in [0.1, 0.15) is 17.2 Å². The SMILES string of the molecule is C#Cc1ccc(CC(=O)c2cc(Oc3cccnc3)cc(CC)n2)nc1. The van der Waals surface area contributed by atoms with Crippen LogP contribution in [0.25, 0.3) is 0 Å². The van der Waals surface area contributed by atoms with Gasteiger partial charge in [-0.1, -0.05) is 12.8 Å². The number of rotatable bonds is 6. The summed E-state index contributed by atoms with van der Waals surface area (Å²) in [5.74, 6) is 3.54. The van der Waals surface area contributed by atoms with Crippen LogP contribution in [-0.2, 0) is 12.8 Å². The van der Waals surface area contributed by atoms with Crippen LogP contribution >= 0.6 is 0 Å². The number of ether oxygens (including phenoxy) is 1. The summed E-state index contributed by atoms with van der Waals surface area (Å²) >= 11 is 0. The Balaban J connectivity index is 1.82. The fraction of sp³-hybridized carbons (Fsp3) is 0.143. The fourth-order valence-corrected chi connectivity index (χ4v) is 2.36. The smallest absolute Gasteiger partial charge is 0.187 e. The molecule has 0 amide bonds. The van der Waals surface area contributed by atoms with Crippen molar-refractivity contribution in [1.82, 2.24) is 15.0 Å². The molecule has 3 rings (SSSR count). The van der Waals surface area contributed by atoms with E-state index >= 15 is 0 Å². The molecular weight excluding hydrogens is 326 g/mol. The molecule has 5 heteroatoms. The Morgan fingerprint density at radius 2 is 2.04 bits per heavy atom. The molecule has 0 aromatic carbocycles. The van der Waals surface area contributed by atoms with E-state index in [-0.39, 0.29) is 12.2 Å². The van der Waals surface area contributed by atoms with Gasteiger partial charge in [0, 0.05) is 41.5 Å². The zero-order valence-electron chi connectivity index (χ0n) is 14.3. The monoisotopic (exact) mass is 343 g/mol. The Morgan fingerprint density at radius 3 is 2.69 bits per heavy atom. The summed E-state index contributed by atoms with van der Waals surface area (Å²) in [5, 5.41) is 0. The Kier molecular flexibility index (Phi) is 5.35. The number of Topliss-reactive ketones (excluding diaryl/α,β-unsaturated/α-hetero) is 1. The van der Waals surface area contributed by atoms with Crippen LogP contribution in [0.1, 0.15) is 34.4 Å². The van der Waals surface area contributed by atoms with E-state index in [0.717, 1.165) is 5.69 Å². The highest BCUT2D eigenvalue weighted by molar-refractivity contribution is 5.96. The Bertz CT molecular complexity index is 945. The van der Waals surface area contributed by atoms with E-state index in [1.54, 1.807) is 48.9 Å². The van der Waals surface area contributed by atoms with Crippen LogP contribution in [0.2, 0.25) is 0 Å². The van der Waals surface area contributed by atoms with E-state index in [0.29, 0.717) is 34.9 Å². The lowest BCUT2D eigenvalue weighted by Gasteiger charge is -2.09. The van der Waals surface area contributed by atoms with Crippen molar-refractivity contribution in [3.05, 3.63) is 77.6 Å². The van der Waals surface area contributed by atoms with Gasteiger partial charge in [-0.3, -0.25) is 14.8 Å².